The maximum Gasteiger partial charge on any atom is 0.321 e. The van der Waals surface area contributed by atoms with E-state index in [1.54, 1.807) is 4.90 Å². The molecule has 2 aliphatic rings. The number of hydrogen-bond donors (Lipinski definition) is 1. The monoisotopic (exact) mass is 364 g/mol. The van der Waals surface area contributed by atoms with Gasteiger partial charge in [-0.25, -0.2) is 4.79 Å². The standard InChI is InChI=1S/C21H24N4O2/c1-23-13-14-25(19(15-23)16-5-3-2-4-6-16)20(26)17-7-9-18(10-8-17)24-12-11-22-21(24)27/h2-10,19H,11-15H2,1H3,(H,22,27). The predicted molar refractivity (Wildman–Crippen MR) is 105 cm³/mol. The van der Waals surface area contributed by atoms with E-state index < -0.39 is 0 Å². The van der Waals surface area contributed by atoms with Crippen molar-refractivity contribution in [2.45, 2.75) is 6.04 Å². The molecule has 6 nitrogen and oxygen atoms in total. The Hall–Kier alpha value is -2.86. The maximum atomic E-state index is 13.2. The van der Waals surface area contributed by atoms with Crippen molar-refractivity contribution in [3.63, 3.8) is 0 Å². The van der Waals surface area contributed by atoms with E-state index in [1.807, 2.05) is 47.4 Å². The molecule has 2 heterocycles. The molecule has 1 atom stereocenters. The van der Waals surface area contributed by atoms with Crippen molar-refractivity contribution in [3.05, 3.63) is 65.7 Å². The highest BCUT2D eigenvalue weighted by atomic mass is 16.2. The molecule has 2 saturated heterocycles. The molecular weight excluding hydrogens is 340 g/mol. The van der Waals surface area contributed by atoms with Crippen LogP contribution in [0, 0.1) is 0 Å². The van der Waals surface area contributed by atoms with Gasteiger partial charge in [0.15, 0.2) is 0 Å². The van der Waals surface area contributed by atoms with Crippen molar-refractivity contribution in [1.29, 1.82) is 0 Å². The number of hydrogen-bond acceptors (Lipinski definition) is 3. The van der Waals surface area contributed by atoms with Crippen molar-refractivity contribution in [2.75, 3.05) is 44.7 Å². The molecule has 2 aromatic rings. The third kappa shape index (κ3) is 3.53. The molecule has 0 aromatic heterocycles. The number of nitrogens with zero attached hydrogens (tertiary/aromatic N) is 3. The fraction of sp³-hybridized carbons (Fsp3) is 0.333. The lowest BCUT2D eigenvalue weighted by molar-refractivity contribution is 0.0498. The quantitative estimate of drug-likeness (QED) is 0.910. The minimum absolute atomic E-state index is 0.0365. The summed E-state index contributed by atoms with van der Waals surface area (Å²) in [6.45, 7) is 3.69. The van der Waals surface area contributed by atoms with Crippen LogP contribution in [0.5, 0.6) is 0 Å². The Bertz CT molecular complexity index is 822. The van der Waals surface area contributed by atoms with E-state index in [-0.39, 0.29) is 18.0 Å². The molecule has 3 amide bonds. The highest BCUT2D eigenvalue weighted by Crippen LogP contribution is 2.27. The second-order valence-corrected chi connectivity index (χ2v) is 7.12. The number of nitrogens with one attached hydrogen (secondary N) is 1. The van der Waals surface area contributed by atoms with E-state index in [9.17, 15) is 9.59 Å². The molecule has 2 aromatic carbocycles. The molecule has 27 heavy (non-hydrogen) atoms. The van der Waals surface area contributed by atoms with Crippen molar-refractivity contribution in [2.24, 2.45) is 0 Å². The van der Waals surface area contributed by atoms with Crippen LogP contribution in [0.1, 0.15) is 22.0 Å². The molecule has 0 spiro atoms. The minimum Gasteiger partial charge on any atom is -0.336 e. The number of carbonyl (C=O) groups is 2. The predicted octanol–water partition coefficient (Wildman–Crippen LogP) is 2.35. The zero-order chi connectivity index (χ0) is 18.8. The summed E-state index contributed by atoms with van der Waals surface area (Å²) in [5.74, 6) is 0.0365. The Kier molecular flexibility index (Phi) is 4.81. The summed E-state index contributed by atoms with van der Waals surface area (Å²) in [6, 6.07) is 17.5. The fourth-order valence-corrected chi connectivity index (χ4v) is 3.79. The summed E-state index contributed by atoms with van der Waals surface area (Å²) in [7, 11) is 2.09. The van der Waals surface area contributed by atoms with E-state index in [0.717, 1.165) is 24.3 Å². The van der Waals surface area contributed by atoms with Gasteiger partial charge >= 0.3 is 6.03 Å². The lowest BCUT2D eigenvalue weighted by Crippen LogP contribution is -2.49. The van der Waals surface area contributed by atoms with Crippen LogP contribution >= 0.6 is 0 Å². The Morgan fingerprint density at radius 1 is 1.00 bits per heavy atom. The first-order valence-electron chi connectivity index (χ1n) is 9.33. The lowest BCUT2D eigenvalue weighted by atomic mass is 10.0. The van der Waals surface area contributed by atoms with Gasteiger partial charge in [0.1, 0.15) is 0 Å². The van der Waals surface area contributed by atoms with Gasteiger partial charge in [0.05, 0.1) is 6.04 Å². The van der Waals surface area contributed by atoms with Gasteiger partial charge in [-0.15, -0.1) is 0 Å². The maximum absolute atomic E-state index is 13.2. The van der Waals surface area contributed by atoms with E-state index in [0.29, 0.717) is 25.2 Å². The van der Waals surface area contributed by atoms with E-state index in [2.05, 4.69) is 29.4 Å². The van der Waals surface area contributed by atoms with Crippen molar-refractivity contribution < 1.29 is 9.59 Å². The summed E-state index contributed by atoms with van der Waals surface area (Å²) in [6.07, 6.45) is 0. The Labute approximate surface area is 159 Å². The highest BCUT2D eigenvalue weighted by Gasteiger charge is 2.31. The molecule has 0 aliphatic carbocycles. The van der Waals surface area contributed by atoms with Crippen LogP contribution in [0.4, 0.5) is 10.5 Å². The normalized spacial score (nSPS) is 20.6. The molecule has 0 saturated carbocycles. The number of rotatable bonds is 3. The summed E-state index contributed by atoms with van der Waals surface area (Å²) < 4.78 is 0. The van der Waals surface area contributed by atoms with Gasteiger partial charge in [-0.1, -0.05) is 30.3 Å². The molecule has 4 rings (SSSR count). The highest BCUT2D eigenvalue weighted by molar-refractivity contribution is 5.97. The van der Waals surface area contributed by atoms with Crippen molar-refractivity contribution in [3.8, 4) is 0 Å². The van der Waals surface area contributed by atoms with Crippen LogP contribution in [0.25, 0.3) is 0 Å². The number of piperazine rings is 1. The molecule has 140 valence electrons. The number of likely N-dealkylation sites (N-methyl/N-ethyl adjacent to an activating group) is 1. The first kappa shape index (κ1) is 17.5. The SMILES string of the molecule is CN1CCN(C(=O)c2ccc(N3CCNC3=O)cc2)C(c2ccccc2)C1. The number of benzene rings is 2. The average molecular weight is 364 g/mol. The number of carbonyl (C=O) groups excluding carboxylic acids is 2. The smallest absolute Gasteiger partial charge is 0.321 e. The van der Waals surface area contributed by atoms with E-state index in [1.165, 1.54) is 0 Å². The lowest BCUT2D eigenvalue weighted by Gasteiger charge is -2.40. The number of amides is 3. The van der Waals surface area contributed by atoms with Gasteiger partial charge in [-0.3, -0.25) is 9.69 Å². The summed E-state index contributed by atoms with van der Waals surface area (Å²) in [5.41, 5.74) is 2.63. The first-order valence-corrected chi connectivity index (χ1v) is 9.33. The number of urea groups is 1. The second kappa shape index (κ2) is 7.40. The third-order valence-electron chi connectivity index (χ3n) is 5.31. The van der Waals surface area contributed by atoms with Crippen molar-refractivity contribution >= 4 is 17.6 Å². The number of anilines is 1. The van der Waals surface area contributed by atoms with Crippen LogP contribution < -0.4 is 10.2 Å². The Balaban J connectivity index is 1.56. The fourth-order valence-electron chi connectivity index (χ4n) is 3.79. The van der Waals surface area contributed by atoms with Gasteiger partial charge in [-0.05, 0) is 36.9 Å². The molecule has 2 fully saturated rings. The molecule has 1 unspecified atom stereocenters. The molecular formula is C21H24N4O2. The van der Waals surface area contributed by atoms with Gasteiger partial charge < -0.3 is 15.1 Å². The second-order valence-electron chi connectivity index (χ2n) is 7.12. The summed E-state index contributed by atoms with van der Waals surface area (Å²) in [5, 5.41) is 2.79. The molecule has 1 N–H and O–H groups in total. The average Bonchev–Trinajstić information content (AvgIpc) is 3.14. The van der Waals surface area contributed by atoms with Crippen LogP contribution in [-0.2, 0) is 0 Å². The van der Waals surface area contributed by atoms with Crippen LogP contribution in [-0.4, -0.2) is 61.5 Å². The zero-order valence-electron chi connectivity index (χ0n) is 15.5. The van der Waals surface area contributed by atoms with E-state index >= 15 is 0 Å². The molecule has 0 radical (unpaired) electrons. The first-order chi connectivity index (χ1) is 13.1. The summed E-state index contributed by atoms with van der Waals surface area (Å²) >= 11 is 0. The Morgan fingerprint density at radius 3 is 2.41 bits per heavy atom. The minimum atomic E-state index is -0.0858. The summed E-state index contributed by atoms with van der Waals surface area (Å²) in [4.78, 5) is 30.9. The van der Waals surface area contributed by atoms with Gasteiger partial charge in [-0.2, -0.15) is 0 Å². The Morgan fingerprint density at radius 2 is 1.74 bits per heavy atom. The largest absolute Gasteiger partial charge is 0.336 e. The molecule has 2 aliphatic heterocycles. The van der Waals surface area contributed by atoms with Crippen LogP contribution in [0.15, 0.2) is 54.6 Å². The zero-order valence-corrected chi connectivity index (χ0v) is 15.5. The topological polar surface area (TPSA) is 55.9 Å². The van der Waals surface area contributed by atoms with E-state index in [4.69, 9.17) is 0 Å². The van der Waals surface area contributed by atoms with Crippen LogP contribution in [0.3, 0.4) is 0 Å². The third-order valence-corrected chi connectivity index (χ3v) is 5.31. The molecule has 0 bridgehead atoms. The van der Waals surface area contributed by atoms with Crippen molar-refractivity contribution in [1.82, 2.24) is 15.1 Å². The van der Waals surface area contributed by atoms with Gasteiger partial charge in [0.25, 0.3) is 5.91 Å². The molecule has 6 heteroatoms. The van der Waals surface area contributed by atoms with Gasteiger partial charge in [0, 0.05) is 44.0 Å². The van der Waals surface area contributed by atoms with Gasteiger partial charge in [0.2, 0.25) is 0 Å². The van der Waals surface area contributed by atoms with Crippen LogP contribution in [0.2, 0.25) is 0 Å².